The highest BCUT2D eigenvalue weighted by Crippen LogP contribution is 2.08. The monoisotopic (exact) mass is 228 g/mol. The van der Waals surface area contributed by atoms with Crippen molar-refractivity contribution in [1.29, 1.82) is 0 Å². The first-order valence-electron chi connectivity index (χ1n) is 6.20. The molecular weight excluding hydrogens is 204 g/mol. The van der Waals surface area contributed by atoms with Crippen LogP contribution < -0.4 is 0 Å². The predicted octanol–water partition coefficient (Wildman–Crippen LogP) is 3.09. The first kappa shape index (κ1) is 15.2. The number of carbonyl (C=O) groups excluding carboxylic acids is 1. The molecule has 0 rings (SSSR count). The third-order valence-corrected chi connectivity index (χ3v) is 2.04. The SMILES string of the molecule is CCC=C(CCC)C(=O)OCCOCCC. The molecule has 0 aliphatic rings. The standard InChI is InChI=1S/C13H24O3/c1-4-7-12(8-5-2)13(14)16-11-10-15-9-6-3/h7H,4-6,8-11H2,1-3H3. The average molecular weight is 228 g/mol. The highest BCUT2D eigenvalue weighted by molar-refractivity contribution is 5.88. The highest BCUT2D eigenvalue weighted by atomic mass is 16.6. The Morgan fingerprint density at radius 1 is 1.06 bits per heavy atom. The average Bonchev–Trinajstić information content (AvgIpc) is 2.28. The van der Waals surface area contributed by atoms with E-state index in [2.05, 4.69) is 13.8 Å². The number of allylic oxidation sites excluding steroid dienone is 1. The van der Waals surface area contributed by atoms with Crippen molar-refractivity contribution >= 4 is 5.97 Å². The van der Waals surface area contributed by atoms with E-state index >= 15 is 0 Å². The van der Waals surface area contributed by atoms with E-state index in [4.69, 9.17) is 9.47 Å². The van der Waals surface area contributed by atoms with E-state index in [1.165, 1.54) is 0 Å². The van der Waals surface area contributed by atoms with Gasteiger partial charge < -0.3 is 9.47 Å². The summed E-state index contributed by atoms with van der Waals surface area (Å²) >= 11 is 0. The van der Waals surface area contributed by atoms with Crippen molar-refractivity contribution in [3.8, 4) is 0 Å². The Labute approximate surface area is 98.8 Å². The van der Waals surface area contributed by atoms with Crippen molar-refractivity contribution in [3.63, 3.8) is 0 Å². The molecule has 16 heavy (non-hydrogen) atoms. The molecule has 0 N–H and O–H groups in total. The Balaban J connectivity index is 3.79. The van der Waals surface area contributed by atoms with Crippen LogP contribution in [0, 0.1) is 0 Å². The van der Waals surface area contributed by atoms with Crippen LogP contribution in [0.2, 0.25) is 0 Å². The molecule has 0 fully saturated rings. The Kier molecular flexibility index (Phi) is 10.1. The van der Waals surface area contributed by atoms with Gasteiger partial charge in [0.25, 0.3) is 0 Å². The highest BCUT2D eigenvalue weighted by Gasteiger charge is 2.08. The third-order valence-electron chi connectivity index (χ3n) is 2.04. The lowest BCUT2D eigenvalue weighted by atomic mass is 10.1. The van der Waals surface area contributed by atoms with E-state index in [9.17, 15) is 4.79 Å². The molecule has 0 heterocycles. The number of carbonyl (C=O) groups is 1. The summed E-state index contributed by atoms with van der Waals surface area (Å²) in [5.74, 6) is -0.191. The van der Waals surface area contributed by atoms with Gasteiger partial charge in [-0.25, -0.2) is 4.79 Å². The largest absolute Gasteiger partial charge is 0.460 e. The maximum absolute atomic E-state index is 11.6. The summed E-state index contributed by atoms with van der Waals surface area (Å²) in [4.78, 5) is 11.6. The zero-order valence-corrected chi connectivity index (χ0v) is 10.8. The van der Waals surface area contributed by atoms with Crippen LogP contribution in [0.3, 0.4) is 0 Å². The molecule has 0 aliphatic heterocycles. The first-order chi connectivity index (χ1) is 7.76. The third kappa shape index (κ3) is 7.46. The lowest BCUT2D eigenvalue weighted by Gasteiger charge is -2.07. The van der Waals surface area contributed by atoms with Crippen molar-refractivity contribution in [2.45, 2.75) is 46.5 Å². The molecule has 0 aromatic carbocycles. The molecule has 0 spiro atoms. The number of ether oxygens (including phenoxy) is 2. The van der Waals surface area contributed by atoms with Gasteiger partial charge in [-0.3, -0.25) is 0 Å². The summed E-state index contributed by atoms with van der Waals surface area (Å²) in [6.07, 6.45) is 5.57. The van der Waals surface area contributed by atoms with Gasteiger partial charge in [-0.15, -0.1) is 0 Å². The lowest BCUT2D eigenvalue weighted by Crippen LogP contribution is -2.13. The zero-order chi connectivity index (χ0) is 12.2. The molecule has 0 amide bonds. The zero-order valence-electron chi connectivity index (χ0n) is 10.8. The minimum Gasteiger partial charge on any atom is -0.460 e. The van der Waals surface area contributed by atoms with Gasteiger partial charge in [-0.05, 0) is 19.3 Å². The van der Waals surface area contributed by atoms with E-state index in [0.29, 0.717) is 13.2 Å². The molecule has 0 saturated carbocycles. The van der Waals surface area contributed by atoms with E-state index in [-0.39, 0.29) is 5.97 Å². The summed E-state index contributed by atoms with van der Waals surface area (Å²) in [5.41, 5.74) is 0.792. The Morgan fingerprint density at radius 2 is 1.81 bits per heavy atom. The van der Waals surface area contributed by atoms with Gasteiger partial charge in [-0.2, -0.15) is 0 Å². The van der Waals surface area contributed by atoms with Gasteiger partial charge in [0.1, 0.15) is 6.61 Å². The van der Waals surface area contributed by atoms with Crippen LogP contribution in [0.25, 0.3) is 0 Å². The van der Waals surface area contributed by atoms with Crippen LogP contribution in [-0.4, -0.2) is 25.8 Å². The van der Waals surface area contributed by atoms with Crippen LogP contribution in [0.5, 0.6) is 0 Å². The summed E-state index contributed by atoms with van der Waals surface area (Å²) in [5, 5.41) is 0. The maximum Gasteiger partial charge on any atom is 0.333 e. The van der Waals surface area contributed by atoms with Crippen molar-refractivity contribution in [2.75, 3.05) is 19.8 Å². The molecule has 94 valence electrons. The molecule has 3 heteroatoms. The molecular formula is C13H24O3. The van der Waals surface area contributed by atoms with Gasteiger partial charge in [0.2, 0.25) is 0 Å². The normalized spacial score (nSPS) is 11.6. The van der Waals surface area contributed by atoms with E-state index in [0.717, 1.165) is 37.9 Å². The molecule has 0 radical (unpaired) electrons. The van der Waals surface area contributed by atoms with Crippen molar-refractivity contribution in [3.05, 3.63) is 11.6 Å². The fourth-order valence-corrected chi connectivity index (χ4v) is 1.34. The predicted molar refractivity (Wildman–Crippen MR) is 65.4 cm³/mol. The van der Waals surface area contributed by atoms with Gasteiger partial charge in [0, 0.05) is 12.2 Å². The van der Waals surface area contributed by atoms with Gasteiger partial charge >= 0.3 is 5.97 Å². The molecule has 0 bridgehead atoms. The van der Waals surface area contributed by atoms with E-state index < -0.39 is 0 Å². The van der Waals surface area contributed by atoms with Gasteiger partial charge in [0.05, 0.1) is 6.61 Å². The van der Waals surface area contributed by atoms with Crippen molar-refractivity contribution in [1.82, 2.24) is 0 Å². The second-order valence-corrected chi connectivity index (χ2v) is 3.64. The number of hydrogen-bond donors (Lipinski definition) is 0. The molecule has 0 aliphatic carbocycles. The van der Waals surface area contributed by atoms with Gasteiger partial charge in [-0.1, -0.05) is 33.3 Å². The maximum atomic E-state index is 11.6. The summed E-state index contributed by atoms with van der Waals surface area (Å²) in [6, 6.07) is 0. The second-order valence-electron chi connectivity index (χ2n) is 3.64. The fourth-order valence-electron chi connectivity index (χ4n) is 1.34. The first-order valence-corrected chi connectivity index (χ1v) is 6.20. The van der Waals surface area contributed by atoms with Crippen LogP contribution in [-0.2, 0) is 14.3 Å². The Bertz CT molecular complexity index is 209. The smallest absolute Gasteiger partial charge is 0.333 e. The summed E-state index contributed by atoms with van der Waals surface area (Å²) < 4.78 is 10.4. The molecule has 0 saturated heterocycles. The fraction of sp³-hybridized carbons (Fsp3) is 0.769. The molecule has 3 nitrogen and oxygen atoms in total. The van der Waals surface area contributed by atoms with Crippen molar-refractivity contribution in [2.24, 2.45) is 0 Å². The van der Waals surface area contributed by atoms with Crippen LogP contribution in [0.15, 0.2) is 11.6 Å². The number of rotatable bonds is 9. The molecule has 0 aromatic rings. The molecule has 0 aromatic heterocycles. The topological polar surface area (TPSA) is 35.5 Å². The Morgan fingerprint density at radius 3 is 2.38 bits per heavy atom. The molecule has 0 unspecified atom stereocenters. The van der Waals surface area contributed by atoms with Crippen LogP contribution in [0.4, 0.5) is 0 Å². The summed E-state index contributed by atoms with van der Waals surface area (Å²) in [6.45, 7) is 7.70. The minimum absolute atomic E-state index is 0.191. The number of hydrogen-bond acceptors (Lipinski definition) is 3. The van der Waals surface area contributed by atoms with Crippen LogP contribution >= 0.6 is 0 Å². The van der Waals surface area contributed by atoms with Crippen molar-refractivity contribution < 1.29 is 14.3 Å². The quantitative estimate of drug-likeness (QED) is 0.345. The lowest BCUT2D eigenvalue weighted by molar-refractivity contribution is -0.140. The summed E-state index contributed by atoms with van der Waals surface area (Å²) in [7, 11) is 0. The number of esters is 1. The van der Waals surface area contributed by atoms with Gasteiger partial charge in [0.15, 0.2) is 0 Å². The van der Waals surface area contributed by atoms with E-state index in [1.54, 1.807) is 0 Å². The molecule has 0 atom stereocenters. The minimum atomic E-state index is -0.191. The Hall–Kier alpha value is -0.830. The van der Waals surface area contributed by atoms with Crippen LogP contribution in [0.1, 0.15) is 46.5 Å². The van der Waals surface area contributed by atoms with E-state index in [1.807, 2.05) is 13.0 Å². The second kappa shape index (κ2) is 10.7.